The molecule has 1 aliphatic carbocycles. The monoisotopic (exact) mass is 348 g/mol. The van der Waals surface area contributed by atoms with Crippen molar-refractivity contribution >= 4 is 39.1 Å². The van der Waals surface area contributed by atoms with E-state index in [9.17, 15) is 0 Å². The normalized spacial score (nSPS) is 18.8. The quantitative estimate of drug-likeness (QED) is 0.525. The summed E-state index contributed by atoms with van der Waals surface area (Å²) in [4.78, 5) is 0.397. The number of benzene rings is 1. The molecule has 0 amide bonds. The second-order valence-electron chi connectivity index (χ2n) is 5.22. The lowest BCUT2D eigenvalue weighted by Crippen LogP contribution is -2.07. The van der Waals surface area contributed by atoms with Gasteiger partial charge in [0.2, 0.25) is 0 Å². The average Bonchev–Trinajstić information content (AvgIpc) is 2.40. The van der Waals surface area contributed by atoms with Crippen LogP contribution < -0.4 is 0 Å². The van der Waals surface area contributed by atoms with Gasteiger partial charge in [0.15, 0.2) is 0 Å². The molecule has 100 valence electrons. The van der Waals surface area contributed by atoms with Crippen LogP contribution in [0.3, 0.4) is 0 Å². The molecule has 0 spiro atoms. The molecule has 0 saturated heterocycles. The second-order valence-corrected chi connectivity index (χ2v) is 7.14. The van der Waals surface area contributed by atoms with Crippen molar-refractivity contribution < 1.29 is 0 Å². The van der Waals surface area contributed by atoms with E-state index in [4.69, 9.17) is 23.2 Å². The maximum atomic E-state index is 6.05. The molecule has 1 atom stereocenters. The zero-order valence-electron chi connectivity index (χ0n) is 10.5. The second kappa shape index (κ2) is 7.17. The Kier molecular flexibility index (Phi) is 5.85. The SMILES string of the molecule is Clc1ccc(C(Br)CCC2CCCCC2)cc1Cl. The van der Waals surface area contributed by atoms with Crippen LogP contribution in [0, 0.1) is 5.92 Å². The zero-order valence-corrected chi connectivity index (χ0v) is 13.6. The molecule has 3 heteroatoms. The highest BCUT2D eigenvalue weighted by atomic mass is 79.9. The minimum Gasteiger partial charge on any atom is -0.0839 e. The van der Waals surface area contributed by atoms with Crippen molar-refractivity contribution in [2.75, 3.05) is 0 Å². The molecule has 0 bridgehead atoms. The highest BCUT2D eigenvalue weighted by molar-refractivity contribution is 9.09. The molecule has 1 unspecified atom stereocenters. The van der Waals surface area contributed by atoms with Gasteiger partial charge in [-0.3, -0.25) is 0 Å². The van der Waals surface area contributed by atoms with Gasteiger partial charge in [0.05, 0.1) is 10.0 Å². The van der Waals surface area contributed by atoms with Crippen LogP contribution in [0.1, 0.15) is 55.3 Å². The fourth-order valence-electron chi connectivity index (χ4n) is 2.73. The van der Waals surface area contributed by atoms with Gasteiger partial charge in [0.1, 0.15) is 0 Å². The first-order valence-corrected chi connectivity index (χ1v) is 8.43. The largest absolute Gasteiger partial charge is 0.0839 e. The lowest BCUT2D eigenvalue weighted by atomic mass is 9.85. The molecule has 0 radical (unpaired) electrons. The first-order valence-electron chi connectivity index (χ1n) is 6.76. The van der Waals surface area contributed by atoms with E-state index >= 15 is 0 Å². The van der Waals surface area contributed by atoms with E-state index in [0.717, 1.165) is 5.92 Å². The van der Waals surface area contributed by atoms with E-state index in [-0.39, 0.29) is 0 Å². The van der Waals surface area contributed by atoms with Crippen LogP contribution in [-0.4, -0.2) is 0 Å². The summed E-state index contributed by atoms with van der Waals surface area (Å²) < 4.78 is 0. The van der Waals surface area contributed by atoms with Crippen LogP contribution in [0.2, 0.25) is 10.0 Å². The molecule has 2 rings (SSSR count). The molecule has 1 fully saturated rings. The van der Waals surface area contributed by atoms with Gasteiger partial charge in [0, 0.05) is 4.83 Å². The summed E-state index contributed by atoms with van der Waals surface area (Å²) in [7, 11) is 0. The van der Waals surface area contributed by atoms with Crippen LogP contribution in [-0.2, 0) is 0 Å². The maximum Gasteiger partial charge on any atom is 0.0595 e. The van der Waals surface area contributed by atoms with Crippen LogP contribution in [0.4, 0.5) is 0 Å². The van der Waals surface area contributed by atoms with Gasteiger partial charge in [-0.25, -0.2) is 0 Å². The van der Waals surface area contributed by atoms with Gasteiger partial charge in [0.25, 0.3) is 0 Å². The third-order valence-electron chi connectivity index (χ3n) is 3.86. The van der Waals surface area contributed by atoms with E-state index < -0.39 is 0 Å². The van der Waals surface area contributed by atoms with E-state index in [1.807, 2.05) is 12.1 Å². The van der Waals surface area contributed by atoms with Gasteiger partial charge in [-0.2, -0.15) is 0 Å². The molecule has 0 N–H and O–H groups in total. The van der Waals surface area contributed by atoms with E-state index in [1.54, 1.807) is 0 Å². The Morgan fingerprint density at radius 1 is 1.11 bits per heavy atom. The lowest BCUT2D eigenvalue weighted by molar-refractivity contribution is 0.332. The van der Waals surface area contributed by atoms with Crippen molar-refractivity contribution in [3.63, 3.8) is 0 Å². The highest BCUT2D eigenvalue weighted by Gasteiger charge is 2.16. The smallest absolute Gasteiger partial charge is 0.0595 e. The molecule has 0 aromatic heterocycles. The summed E-state index contributed by atoms with van der Waals surface area (Å²) in [5.74, 6) is 0.932. The Morgan fingerprint density at radius 2 is 1.83 bits per heavy atom. The third-order valence-corrected chi connectivity index (χ3v) is 5.58. The van der Waals surface area contributed by atoms with E-state index in [0.29, 0.717) is 14.9 Å². The summed E-state index contributed by atoms with van der Waals surface area (Å²) in [6.07, 6.45) is 9.61. The number of halogens is 3. The van der Waals surface area contributed by atoms with Gasteiger partial charge in [-0.15, -0.1) is 0 Å². The van der Waals surface area contributed by atoms with Crippen molar-refractivity contribution in [3.05, 3.63) is 33.8 Å². The number of alkyl halides is 1. The third kappa shape index (κ3) is 4.15. The summed E-state index contributed by atoms with van der Waals surface area (Å²) in [5.41, 5.74) is 1.24. The zero-order chi connectivity index (χ0) is 13.0. The number of hydrogen-bond donors (Lipinski definition) is 0. The molecule has 1 aromatic rings. The summed E-state index contributed by atoms with van der Waals surface area (Å²) in [6, 6.07) is 5.92. The van der Waals surface area contributed by atoms with Crippen LogP contribution in [0.15, 0.2) is 18.2 Å². The Labute approximate surface area is 128 Å². The van der Waals surface area contributed by atoms with Gasteiger partial charge in [-0.05, 0) is 36.5 Å². The van der Waals surface area contributed by atoms with Crippen LogP contribution >= 0.6 is 39.1 Å². The van der Waals surface area contributed by atoms with Gasteiger partial charge >= 0.3 is 0 Å². The summed E-state index contributed by atoms with van der Waals surface area (Å²) >= 11 is 15.8. The fourth-order valence-corrected chi connectivity index (χ4v) is 3.59. The molecule has 0 aliphatic heterocycles. The first-order chi connectivity index (χ1) is 8.66. The number of hydrogen-bond acceptors (Lipinski definition) is 0. The minimum atomic E-state index is 0.397. The first kappa shape index (κ1) is 14.7. The average molecular weight is 350 g/mol. The summed E-state index contributed by atoms with van der Waals surface area (Å²) in [5, 5.41) is 1.28. The Morgan fingerprint density at radius 3 is 2.50 bits per heavy atom. The molecular formula is C15H19BrCl2. The van der Waals surface area contributed by atoms with Crippen molar-refractivity contribution in [3.8, 4) is 0 Å². The van der Waals surface area contributed by atoms with Crippen molar-refractivity contribution in [2.24, 2.45) is 5.92 Å². The Balaban J connectivity index is 1.86. The molecular weight excluding hydrogens is 331 g/mol. The lowest BCUT2D eigenvalue weighted by Gasteiger charge is -2.22. The van der Waals surface area contributed by atoms with Crippen LogP contribution in [0.25, 0.3) is 0 Å². The molecule has 18 heavy (non-hydrogen) atoms. The van der Waals surface area contributed by atoms with Gasteiger partial charge < -0.3 is 0 Å². The summed E-state index contributed by atoms with van der Waals surface area (Å²) in [6.45, 7) is 0. The van der Waals surface area contributed by atoms with Crippen LogP contribution in [0.5, 0.6) is 0 Å². The predicted molar refractivity (Wildman–Crippen MR) is 83.9 cm³/mol. The fraction of sp³-hybridized carbons (Fsp3) is 0.600. The molecule has 0 nitrogen and oxygen atoms in total. The topological polar surface area (TPSA) is 0 Å². The molecule has 1 aliphatic rings. The predicted octanol–water partition coefficient (Wildman–Crippen LogP) is 6.79. The van der Waals surface area contributed by atoms with Crippen molar-refractivity contribution in [2.45, 2.75) is 49.8 Å². The maximum absolute atomic E-state index is 6.05. The molecule has 0 heterocycles. The molecule has 1 saturated carbocycles. The molecule has 1 aromatic carbocycles. The Hall–Kier alpha value is 0.280. The number of rotatable bonds is 4. The minimum absolute atomic E-state index is 0.397. The van der Waals surface area contributed by atoms with Crippen molar-refractivity contribution in [1.82, 2.24) is 0 Å². The highest BCUT2D eigenvalue weighted by Crippen LogP contribution is 2.35. The van der Waals surface area contributed by atoms with E-state index in [2.05, 4.69) is 22.0 Å². The van der Waals surface area contributed by atoms with Gasteiger partial charge in [-0.1, -0.05) is 77.3 Å². The standard InChI is InChI=1S/C15H19BrCl2/c16-13(8-6-11-4-2-1-3-5-11)12-7-9-14(17)15(18)10-12/h7,9-11,13H,1-6,8H2. The van der Waals surface area contributed by atoms with E-state index in [1.165, 1.54) is 50.5 Å². The Bertz CT molecular complexity index is 386. The van der Waals surface area contributed by atoms with Crippen molar-refractivity contribution in [1.29, 1.82) is 0 Å².